The molecule has 2 amide bonds. The summed E-state index contributed by atoms with van der Waals surface area (Å²) in [4.78, 5) is 16.7. The summed E-state index contributed by atoms with van der Waals surface area (Å²) in [6.07, 6.45) is 0. The van der Waals surface area contributed by atoms with Gasteiger partial charge in [-0.3, -0.25) is 4.90 Å². The lowest BCUT2D eigenvalue weighted by molar-refractivity contribution is 0.243. The van der Waals surface area contributed by atoms with Crippen molar-refractivity contribution in [1.29, 1.82) is 0 Å². The van der Waals surface area contributed by atoms with Crippen LogP contribution >= 0.6 is 11.3 Å². The molecule has 1 aromatic carbocycles. The van der Waals surface area contributed by atoms with E-state index in [0.717, 1.165) is 5.56 Å². The molecule has 0 spiro atoms. The number of hydrogen-bond acceptors (Lipinski definition) is 6. The van der Waals surface area contributed by atoms with Gasteiger partial charge >= 0.3 is 6.03 Å². The quantitative estimate of drug-likeness (QED) is 0.776. The van der Waals surface area contributed by atoms with E-state index < -0.39 is 6.03 Å². The average molecular weight is 330 g/mol. The molecule has 0 saturated heterocycles. The van der Waals surface area contributed by atoms with E-state index in [2.05, 4.69) is 10.1 Å². The minimum Gasteiger partial charge on any atom is -0.484 e. The molecule has 0 fully saturated rings. The van der Waals surface area contributed by atoms with Gasteiger partial charge in [0.15, 0.2) is 6.61 Å². The third kappa shape index (κ3) is 3.49. The van der Waals surface area contributed by atoms with Crippen LogP contribution in [0.2, 0.25) is 0 Å². The average Bonchev–Trinajstić information content (AvgIpc) is 3.23. The summed E-state index contributed by atoms with van der Waals surface area (Å²) in [5.41, 5.74) is 6.82. The first kappa shape index (κ1) is 15.0. The lowest BCUT2D eigenvalue weighted by atomic mass is 10.3. The number of carbonyl (C=O) groups is 1. The van der Waals surface area contributed by atoms with E-state index in [1.165, 1.54) is 4.90 Å². The zero-order valence-electron chi connectivity index (χ0n) is 12.3. The van der Waals surface area contributed by atoms with E-state index in [1.54, 1.807) is 42.6 Å². The fourth-order valence-electron chi connectivity index (χ4n) is 1.86. The number of nitrogens with two attached hydrogens (primary N) is 1. The predicted octanol–water partition coefficient (Wildman–Crippen LogP) is 2.89. The summed E-state index contributed by atoms with van der Waals surface area (Å²) < 4.78 is 10.7. The van der Waals surface area contributed by atoms with Crippen LogP contribution in [0.3, 0.4) is 0 Å². The number of aromatic nitrogens is 2. The summed E-state index contributed by atoms with van der Waals surface area (Å²) in [5.74, 6) is 1.56. The van der Waals surface area contributed by atoms with E-state index in [-0.39, 0.29) is 6.61 Å². The fourth-order valence-corrected chi connectivity index (χ4v) is 2.50. The number of thiophene rings is 1. The summed E-state index contributed by atoms with van der Waals surface area (Å²) in [6.45, 7) is 0.169. The fraction of sp³-hybridized carbons (Fsp3) is 0.133. The lowest BCUT2D eigenvalue weighted by Crippen LogP contribution is -2.31. The second kappa shape index (κ2) is 6.49. The van der Waals surface area contributed by atoms with Gasteiger partial charge in [0.1, 0.15) is 5.75 Å². The summed E-state index contributed by atoms with van der Waals surface area (Å²) >= 11 is 1.57. The maximum absolute atomic E-state index is 11.1. The van der Waals surface area contributed by atoms with Gasteiger partial charge in [-0.2, -0.15) is 16.3 Å². The van der Waals surface area contributed by atoms with Gasteiger partial charge in [0.2, 0.25) is 5.82 Å². The molecule has 2 N–H and O–H groups in total. The molecule has 0 bridgehead atoms. The number of hydrogen-bond donors (Lipinski definition) is 1. The Morgan fingerprint density at radius 3 is 2.78 bits per heavy atom. The first-order valence-corrected chi connectivity index (χ1v) is 7.69. The normalized spacial score (nSPS) is 10.5. The Bertz CT molecular complexity index is 783. The third-order valence-electron chi connectivity index (χ3n) is 3.16. The number of urea groups is 1. The Kier molecular flexibility index (Phi) is 4.24. The molecule has 2 aromatic heterocycles. The second-order valence-electron chi connectivity index (χ2n) is 4.70. The molecule has 0 radical (unpaired) electrons. The number of nitrogens with zero attached hydrogens (tertiary/aromatic N) is 3. The van der Waals surface area contributed by atoms with Gasteiger partial charge in [0, 0.05) is 23.7 Å². The zero-order valence-corrected chi connectivity index (χ0v) is 13.1. The van der Waals surface area contributed by atoms with E-state index >= 15 is 0 Å². The highest BCUT2D eigenvalue weighted by Gasteiger charge is 2.10. The second-order valence-corrected chi connectivity index (χ2v) is 5.48. The molecule has 0 saturated carbocycles. The van der Waals surface area contributed by atoms with Crippen molar-refractivity contribution in [3.63, 3.8) is 0 Å². The number of rotatable bonds is 5. The standard InChI is InChI=1S/C15H14N4O3S/c1-19(15(16)20)11-2-4-12(5-3-11)21-8-13-17-14(18-22-13)10-6-7-23-9-10/h2-7,9H,8H2,1H3,(H2,16,20). The van der Waals surface area contributed by atoms with Crippen LogP contribution in [0.15, 0.2) is 45.6 Å². The van der Waals surface area contributed by atoms with Gasteiger partial charge in [-0.25, -0.2) is 4.79 Å². The zero-order chi connectivity index (χ0) is 16.2. The van der Waals surface area contributed by atoms with Crippen molar-refractivity contribution in [3.05, 3.63) is 47.0 Å². The number of primary amides is 1. The highest BCUT2D eigenvalue weighted by molar-refractivity contribution is 7.08. The van der Waals surface area contributed by atoms with Crippen LogP contribution in [-0.2, 0) is 6.61 Å². The van der Waals surface area contributed by atoms with Crippen molar-refractivity contribution >= 4 is 23.1 Å². The molecule has 0 atom stereocenters. The first-order valence-electron chi connectivity index (χ1n) is 6.74. The molecule has 0 unspecified atom stereocenters. The van der Waals surface area contributed by atoms with Gasteiger partial charge < -0.3 is 15.0 Å². The number of anilines is 1. The van der Waals surface area contributed by atoms with Crippen molar-refractivity contribution in [3.8, 4) is 17.1 Å². The van der Waals surface area contributed by atoms with Gasteiger partial charge in [-0.1, -0.05) is 5.16 Å². The summed E-state index contributed by atoms with van der Waals surface area (Å²) in [7, 11) is 1.60. The minimum absolute atomic E-state index is 0.169. The van der Waals surface area contributed by atoms with Gasteiger partial charge in [-0.15, -0.1) is 0 Å². The number of ether oxygens (including phenoxy) is 1. The molecular formula is C15H14N4O3S. The maximum Gasteiger partial charge on any atom is 0.318 e. The predicted molar refractivity (Wildman–Crippen MR) is 86.4 cm³/mol. The topological polar surface area (TPSA) is 94.5 Å². The molecule has 3 aromatic rings. The van der Waals surface area contributed by atoms with Crippen molar-refractivity contribution < 1.29 is 14.1 Å². The Balaban J connectivity index is 1.61. The molecule has 8 heteroatoms. The van der Waals surface area contributed by atoms with E-state index in [4.69, 9.17) is 15.0 Å². The Morgan fingerprint density at radius 2 is 2.13 bits per heavy atom. The van der Waals surface area contributed by atoms with Gasteiger partial charge in [-0.05, 0) is 35.7 Å². The Labute approximate surface area is 136 Å². The number of amides is 2. The van der Waals surface area contributed by atoms with Gasteiger partial charge in [0.25, 0.3) is 5.89 Å². The van der Waals surface area contributed by atoms with E-state index in [9.17, 15) is 4.79 Å². The molecule has 0 aliphatic heterocycles. The maximum atomic E-state index is 11.1. The largest absolute Gasteiger partial charge is 0.484 e. The number of benzene rings is 1. The van der Waals surface area contributed by atoms with Crippen molar-refractivity contribution in [2.75, 3.05) is 11.9 Å². The minimum atomic E-state index is -0.523. The highest BCUT2D eigenvalue weighted by Crippen LogP contribution is 2.21. The lowest BCUT2D eigenvalue weighted by Gasteiger charge is -2.14. The van der Waals surface area contributed by atoms with Crippen LogP contribution in [0, 0.1) is 0 Å². The van der Waals surface area contributed by atoms with Crippen LogP contribution in [-0.4, -0.2) is 23.2 Å². The van der Waals surface area contributed by atoms with Crippen molar-refractivity contribution in [2.45, 2.75) is 6.61 Å². The van der Waals surface area contributed by atoms with Crippen LogP contribution < -0.4 is 15.4 Å². The van der Waals surface area contributed by atoms with Gasteiger partial charge in [0.05, 0.1) is 0 Å². The molecule has 2 heterocycles. The smallest absolute Gasteiger partial charge is 0.318 e. The van der Waals surface area contributed by atoms with Crippen LogP contribution in [0.1, 0.15) is 5.89 Å². The molecule has 7 nitrogen and oxygen atoms in total. The first-order chi connectivity index (χ1) is 11.1. The van der Waals surface area contributed by atoms with Crippen molar-refractivity contribution in [1.82, 2.24) is 10.1 Å². The third-order valence-corrected chi connectivity index (χ3v) is 3.85. The number of carbonyl (C=O) groups excluding carboxylic acids is 1. The van der Waals surface area contributed by atoms with E-state index in [0.29, 0.717) is 23.2 Å². The molecule has 3 rings (SSSR count). The molecule has 23 heavy (non-hydrogen) atoms. The van der Waals surface area contributed by atoms with E-state index in [1.807, 2.05) is 16.8 Å². The summed E-state index contributed by atoms with van der Waals surface area (Å²) in [5, 5.41) is 7.81. The monoisotopic (exact) mass is 330 g/mol. The molecular weight excluding hydrogens is 316 g/mol. The van der Waals surface area contributed by atoms with Crippen molar-refractivity contribution in [2.24, 2.45) is 5.73 Å². The molecule has 0 aliphatic rings. The van der Waals surface area contributed by atoms with Crippen LogP contribution in [0.5, 0.6) is 5.75 Å². The highest BCUT2D eigenvalue weighted by atomic mass is 32.1. The summed E-state index contributed by atoms with van der Waals surface area (Å²) in [6, 6.07) is 8.37. The van der Waals surface area contributed by atoms with Crippen LogP contribution in [0.25, 0.3) is 11.4 Å². The molecule has 118 valence electrons. The van der Waals surface area contributed by atoms with Crippen LogP contribution in [0.4, 0.5) is 10.5 Å². The molecule has 0 aliphatic carbocycles. The Morgan fingerprint density at radius 1 is 1.35 bits per heavy atom. The SMILES string of the molecule is CN(C(N)=O)c1ccc(OCc2nc(-c3ccsc3)no2)cc1. The Hall–Kier alpha value is -2.87.